The molecule has 0 radical (unpaired) electrons. The zero-order valence-electron chi connectivity index (χ0n) is 25.2. The Morgan fingerprint density at radius 2 is 0.900 bits per heavy atom. The van der Waals surface area contributed by atoms with Crippen LogP contribution in [0, 0.1) is 12.0 Å². The number of allylic oxidation sites excluding steroid dienone is 4. The largest absolute Gasteiger partial charge is 4.00 e. The van der Waals surface area contributed by atoms with Crippen molar-refractivity contribution in [1.29, 1.82) is 0 Å². The molecule has 3 aromatic carbocycles. The van der Waals surface area contributed by atoms with E-state index in [-0.39, 0.29) is 58.9 Å². The summed E-state index contributed by atoms with van der Waals surface area (Å²) in [5, 5.41) is 5.94. The molecule has 0 unspecified atom stereocenters. The molecule has 0 aromatic heterocycles. The van der Waals surface area contributed by atoms with E-state index in [0.717, 1.165) is 6.42 Å². The number of hydrogen-bond donors (Lipinski definition) is 0. The molecule has 0 N–H and O–H groups in total. The maximum Gasteiger partial charge on any atom is 4.00 e. The van der Waals surface area contributed by atoms with Gasteiger partial charge in [-0.3, -0.25) is 6.08 Å². The van der Waals surface area contributed by atoms with Crippen molar-refractivity contribution in [2.24, 2.45) is 5.92 Å². The van der Waals surface area contributed by atoms with Crippen molar-refractivity contribution in [2.45, 2.75) is 79.6 Å². The first-order chi connectivity index (χ1) is 17.1. The maximum atomic E-state index is 4.01. The fraction of sp³-hybridized carbons (Fsp3) is 0.371. The van der Waals surface area contributed by atoms with Gasteiger partial charge >= 0.3 is 21.7 Å². The summed E-state index contributed by atoms with van der Waals surface area (Å²) in [7, 11) is -2.56. The molecule has 0 atom stereocenters. The van der Waals surface area contributed by atoms with Crippen molar-refractivity contribution >= 4 is 23.6 Å². The second-order valence-corrected chi connectivity index (χ2v) is 15.5. The Bertz CT molecular complexity index is 1170. The molecule has 0 spiro atoms. The van der Waals surface area contributed by atoms with Gasteiger partial charge in [-0.25, -0.2) is 11.6 Å². The minimum Gasteiger partial charge on any atom is -1.00 e. The Labute approximate surface area is 278 Å². The molecule has 1 aliphatic carbocycles. The smallest absolute Gasteiger partial charge is 1.00 e. The summed E-state index contributed by atoms with van der Waals surface area (Å²) in [5.41, 5.74) is 5.61. The van der Waals surface area contributed by atoms with Crippen LogP contribution >= 0.6 is 0 Å². The van der Waals surface area contributed by atoms with Gasteiger partial charge in [0.05, 0.1) is 0 Å². The minimum atomic E-state index is -2.56. The van der Waals surface area contributed by atoms with Crippen molar-refractivity contribution in [3.63, 3.8) is 0 Å². The average Bonchev–Trinajstić information content (AvgIpc) is 3.36. The molecule has 0 heterocycles. The maximum absolute atomic E-state index is 4.01. The number of rotatable bonds is 8. The SMILES string of the molecule is CC(C)C1=CCC([Si](c2cccc(C(C)C)c2)(c2cccc(C(C)C)c2)c2cccc(C(C)C)c2)=[C-]1.[Cl-].[Cl-].[Cl-].[Ti+4]. The predicted octanol–water partition coefficient (Wildman–Crippen LogP) is -1.21. The topological polar surface area (TPSA) is 0 Å². The van der Waals surface area contributed by atoms with Crippen LogP contribution in [0.5, 0.6) is 0 Å². The molecule has 212 valence electrons. The van der Waals surface area contributed by atoms with E-state index in [4.69, 9.17) is 0 Å². The molecule has 0 fully saturated rings. The molecular formula is C35H43Cl3SiTi. The van der Waals surface area contributed by atoms with Gasteiger partial charge in [-0.1, -0.05) is 141 Å². The number of halogens is 3. The Hall–Kier alpha value is -1.06. The van der Waals surface area contributed by atoms with Crippen LogP contribution in [0.15, 0.2) is 89.6 Å². The molecule has 40 heavy (non-hydrogen) atoms. The second-order valence-electron chi connectivity index (χ2n) is 11.7. The van der Waals surface area contributed by atoms with E-state index in [2.05, 4.69) is 140 Å². The number of hydrogen-bond acceptors (Lipinski definition) is 0. The van der Waals surface area contributed by atoms with Gasteiger partial charge in [0.1, 0.15) is 0 Å². The van der Waals surface area contributed by atoms with E-state index in [1.807, 2.05) is 0 Å². The Balaban J connectivity index is 0.00000380. The quantitative estimate of drug-likeness (QED) is 0.164. The molecule has 0 saturated carbocycles. The standard InChI is InChI=1S/C35H43Si.3ClH.Ti/c1-24(2)28-12-9-15-32(20-28)36(35-19-18-31(23-35)27(7)8,33-16-10-13-29(21-33)25(3)4)34-17-11-14-30(22-34)26(5)6;;;;/h9-18,20-22,24-27H,19H2,1-8H3;3*1H;/q-1;;;;+4/p-3. The zero-order chi connectivity index (χ0) is 26.0. The summed E-state index contributed by atoms with van der Waals surface area (Å²) in [6, 6.07) is 28.5. The molecule has 4 rings (SSSR count). The molecule has 3 aromatic rings. The van der Waals surface area contributed by atoms with Crippen molar-refractivity contribution in [3.05, 3.63) is 112 Å². The fourth-order valence-electron chi connectivity index (χ4n) is 5.53. The third kappa shape index (κ3) is 7.86. The molecule has 0 aliphatic heterocycles. The van der Waals surface area contributed by atoms with Gasteiger partial charge in [-0.05, 0) is 50.0 Å². The third-order valence-corrected chi connectivity index (χ3v) is 12.6. The van der Waals surface area contributed by atoms with Crippen LogP contribution in [0.3, 0.4) is 0 Å². The molecule has 0 saturated heterocycles. The summed E-state index contributed by atoms with van der Waals surface area (Å²) in [6.07, 6.45) is 7.44. The first kappa shape index (κ1) is 38.9. The van der Waals surface area contributed by atoms with Gasteiger partial charge in [0.25, 0.3) is 0 Å². The Morgan fingerprint density at radius 3 is 1.18 bits per heavy atom. The van der Waals surface area contributed by atoms with Crippen LogP contribution in [-0.2, 0) is 21.7 Å². The summed E-state index contributed by atoms with van der Waals surface area (Å²) in [4.78, 5) is 0. The Morgan fingerprint density at radius 1 is 0.550 bits per heavy atom. The van der Waals surface area contributed by atoms with E-state index in [1.165, 1.54) is 43.0 Å². The fourth-order valence-corrected chi connectivity index (χ4v) is 10.5. The molecule has 5 heteroatoms. The minimum absolute atomic E-state index is 0. The summed E-state index contributed by atoms with van der Waals surface area (Å²) >= 11 is 0. The molecule has 0 bridgehead atoms. The van der Waals surface area contributed by atoms with Crippen LogP contribution in [0.25, 0.3) is 0 Å². The van der Waals surface area contributed by atoms with Crippen LogP contribution in [0.2, 0.25) is 0 Å². The second kappa shape index (κ2) is 16.5. The van der Waals surface area contributed by atoms with Gasteiger partial charge in [-0.15, -0.1) is 0 Å². The van der Waals surface area contributed by atoms with E-state index >= 15 is 0 Å². The first-order valence-electron chi connectivity index (χ1n) is 13.8. The van der Waals surface area contributed by atoms with Gasteiger partial charge in [0.2, 0.25) is 0 Å². The van der Waals surface area contributed by atoms with E-state index in [0.29, 0.717) is 23.7 Å². The van der Waals surface area contributed by atoms with Crippen molar-refractivity contribution in [1.82, 2.24) is 0 Å². The van der Waals surface area contributed by atoms with E-state index in [9.17, 15) is 0 Å². The van der Waals surface area contributed by atoms with Gasteiger partial charge in [0.15, 0.2) is 8.07 Å². The van der Waals surface area contributed by atoms with Gasteiger partial charge < -0.3 is 37.2 Å². The van der Waals surface area contributed by atoms with Crippen molar-refractivity contribution in [3.8, 4) is 0 Å². The molecule has 0 nitrogen and oxygen atoms in total. The van der Waals surface area contributed by atoms with Crippen molar-refractivity contribution < 1.29 is 58.9 Å². The van der Waals surface area contributed by atoms with Crippen LogP contribution in [-0.4, -0.2) is 8.07 Å². The van der Waals surface area contributed by atoms with Gasteiger partial charge in [0, 0.05) is 0 Å². The number of benzene rings is 3. The van der Waals surface area contributed by atoms with Gasteiger partial charge in [-0.2, -0.15) is 5.20 Å². The average molecular weight is 646 g/mol. The predicted molar refractivity (Wildman–Crippen MR) is 161 cm³/mol. The zero-order valence-corrected chi connectivity index (χ0v) is 30.0. The van der Waals surface area contributed by atoms with Crippen LogP contribution in [0.1, 0.15) is 96.3 Å². The third-order valence-electron chi connectivity index (χ3n) is 7.85. The summed E-state index contributed by atoms with van der Waals surface area (Å²) < 4.78 is 0. The molecule has 0 amide bonds. The first-order valence-corrected chi connectivity index (χ1v) is 15.8. The Kier molecular flexibility index (Phi) is 16.1. The van der Waals surface area contributed by atoms with Crippen molar-refractivity contribution in [2.75, 3.05) is 0 Å². The molecule has 1 aliphatic rings. The van der Waals surface area contributed by atoms with Crippen LogP contribution in [0.4, 0.5) is 0 Å². The summed E-state index contributed by atoms with van der Waals surface area (Å²) in [5.74, 6) is 1.96. The monoisotopic (exact) mass is 644 g/mol. The van der Waals surface area contributed by atoms with Crippen LogP contribution < -0.4 is 52.8 Å². The van der Waals surface area contributed by atoms with E-state index in [1.54, 1.807) is 0 Å². The molecular weight excluding hydrogens is 603 g/mol. The normalized spacial score (nSPS) is 12.8. The van der Waals surface area contributed by atoms with E-state index < -0.39 is 8.07 Å². The summed E-state index contributed by atoms with van der Waals surface area (Å²) in [6.45, 7) is 18.4.